The molecule has 0 aliphatic rings. The average molecular weight is 238 g/mol. The molecule has 0 saturated heterocycles. The molecule has 0 aliphatic carbocycles. The zero-order valence-corrected chi connectivity index (χ0v) is 9.52. The first-order valence-electron chi connectivity index (χ1n) is 4.86. The van der Waals surface area contributed by atoms with Crippen molar-refractivity contribution >= 4 is 11.7 Å². The van der Waals surface area contributed by atoms with Crippen LogP contribution in [0.2, 0.25) is 0 Å². The van der Waals surface area contributed by atoms with Gasteiger partial charge in [0.2, 0.25) is 5.56 Å². The van der Waals surface area contributed by atoms with Crippen LogP contribution in [0.5, 0.6) is 0 Å². The van der Waals surface area contributed by atoms with Crippen LogP contribution in [0, 0.1) is 0 Å². The number of carbonyl (C=O) groups is 1. The Morgan fingerprint density at radius 3 is 2.65 bits per heavy atom. The Hall–Kier alpha value is -2.31. The Morgan fingerprint density at radius 2 is 2.18 bits per heavy atom. The number of oxime groups is 1. The number of nitrogens with one attached hydrogen (secondary N) is 2. The van der Waals surface area contributed by atoms with Crippen LogP contribution in [-0.4, -0.2) is 27.5 Å². The van der Waals surface area contributed by atoms with Crippen molar-refractivity contribution in [1.82, 2.24) is 10.3 Å². The first kappa shape index (κ1) is 12.8. The molecule has 1 heterocycles. The van der Waals surface area contributed by atoms with Gasteiger partial charge in [-0.15, -0.1) is 0 Å². The van der Waals surface area contributed by atoms with Gasteiger partial charge in [-0.05, 0) is 19.9 Å². The number of hydrogen-bond acceptors (Lipinski definition) is 4. The molecule has 0 fully saturated rings. The number of amides is 1. The van der Waals surface area contributed by atoms with Gasteiger partial charge in [0.25, 0.3) is 5.91 Å². The molecule has 0 unspecified atom stereocenters. The largest absolute Gasteiger partial charge is 0.409 e. The number of amidine groups is 1. The maximum Gasteiger partial charge on any atom is 0.253 e. The van der Waals surface area contributed by atoms with Crippen molar-refractivity contribution in [2.45, 2.75) is 19.4 Å². The van der Waals surface area contributed by atoms with E-state index in [9.17, 15) is 9.59 Å². The topological polar surface area (TPSA) is 121 Å². The third kappa shape index (κ3) is 3.07. The van der Waals surface area contributed by atoms with Gasteiger partial charge in [-0.25, -0.2) is 0 Å². The molecule has 7 nitrogen and oxygen atoms in total. The van der Waals surface area contributed by atoms with E-state index in [1.165, 1.54) is 18.3 Å². The fourth-order valence-corrected chi connectivity index (χ4v) is 1.10. The molecule has 0 radical (unpaired) electrons. The van der Waals surface area contributed by atoms with E-state index in [1.807, 2.05) is 0 Å². The van der Waals surface area contributed by atoms with Crippen molar-refractivity contribution in [3.05, 3.63) is 34.2 Å². The predicted octanol–water partition coefficient (Wildman–Crippen LogP) is -0.370. The van der Waals surface area contributed by atoms with E-state index in [0.29, 0.717) is 0 Å². The second kappa shape index (κ2) is 4.69. The zero-order chi connectivity index (χ0) is 13.1. The minimum atomic E-state index is -0.984. The van der Waals surface area contributed by atoms with Crippen molar-refractivity contribution in [2.75, 3.05) is 0 Å². The smallest absolute Gasteiger partial charge is 0.253 e. The lowest BCUT2D eigenvalue weighted by Gasteiger charge is -2.24. The van der Waals surface area contributed by atoms with Gasteiger partial charge < -0.3 is 21.2 Å². The van der Waals surface area contributed by atoms with Gasteiger partial charge in [0.1, 0.15) is 0 Å². The van der Waals surface area contributed by atoms with Gasteiger partial charge >= 0.3 is 0 Å². The molecule has 0 bridgehead atoms. The first-order chi connectivity index (χ1) is 7.86. The minimum absolute atomic E-state index is 0.115. The maximum atomic E-state index is 11.8. The van der Waals surface area contributed by atoms with Crippen molar-refractivity contribution in [1.29, 1.82) is 0 Å². The van der Waals surface area contributed by atoms with Crippen molar-refractivity contribution < 1.29 is 10.0 Å². The molecule has 5 N–H and O–H groups in total. The molecular formula is C10H14N4O3. The molecule has 1 aromatic heterocycles. The highest BCUT2D eigenvalue weighted by Crippen LogP contribution is 2.04. The van der Waals surface area contributed by atoms with Gasteiger partial charge in [-0.2, -0.15) is 0 Å². The summed E-state index contributed by atoms with van der Waals surface area (Å²) in [4.78, 5) is 25.0. The number of pyridine rings is 1. The lowest BCUT2D eigenvalue weighted by Crippen LogP contribution is -2.53. The normalized spacial score (nSPS) is 12.2. The predicted molar refractivity (Wildman–Crippen MR) is 62.0 cm³/mol. The molecule has 0 aliphatic heterocycles. The van der Waals surface area contributed by atoms with Gasteiger partial charge in [0.05, 0.1) is 11.1 Å². The third-order valence-corrected chi connectivity index (χ3v) is 2.22. The molecule has 1 rings (SSSR count). The zero-order valence-electron chi connectivity index (χ0n) is 9.52. The Morgan fingerprint density at radius 1 is 1.53 bits per heavy atom. The molecule has 7 heteroatoms. The van der Waals surface area contributed by atoms with E-state index in [0.717, 1.165) is 0 Å². The molecule has 0 atom stereocenters. The summed E-state index contributed by atoms with van der Waals surface area (Å²) in [5.74, 6) is -0.548. The lowest BCUT2D eigenvalue weighted by atomic mass is 10.0. The summed E-state index contributed by atoms with van der Waals surface area (Å²) in [5.41, 5.74) is 4.43. The Kier molecular flexibility index (Phi) is 3.52. The van der Waals surface area contributed by atoms with Crippen LogP contribution in [-0.2, 0) is 0 Å². The fourth-order valence-electron chi connectivity index (χ4n) is 1.10. The van der Waals surface area contributed by atoms with Crippen LogP contribution in [0.15, 0.2) is 28.3 Å². The van der Waals surface area contributed by atoms with E-state index in [-0.39, 0.29) is 17.0 Å². The van der Waals surface area contributed by atoms with Gasteiger partial charge in [0.15, 0.2) is 5.84 Å². The SMILES string of the molecule is CC(C)(NC(=O)c1ccc(=O)[nH]c1)/C(N)=N/O. The van der Waals surface area contributed by atoms with Gasteiger partial charge in [-0.3, -0.25) is 9.59 Å². The molecule has 0 spiro atoms. The number of aromatic nitrogens is 1. The van der Waals surface area contributed by atoms with Crippen molar-refractivity contribution in [3.8, 4) is 0 Å². The number of H-pyrrole nitrogens is 1. The molecular weight excluding hydrogens is 224 g/mol. The lowest BCUT2D eigenvalue weighted by molar-refractivity contribution is 0.0930. The van der Waals surface area contributed by atoms with E-state index in [2.05, 4.69) is 15.5 Å². The number of hydrogen-bond donors (Lipinski definition) is 4. The third-order valence-electron chi connectivity index (χ3n) is 2.22. The molecule has 0 aromatic carbocycles. The van der Waals surface area contributed by atoms with E-state index in [4.69, 9.17) is 10.9 Å². The minimum Gasteiger partial charge on any atom is -0.409 e. The summed E-state index contributed by atoms with van der Waals surface area (Å²) in [6.07, 6.45) is 1.29. The average Bonchev–Trinajstić information content (AvgIpc) is 2.28. The number of aromatic amines is 1. The summed E-state index contributed by atoms with van der Waals surface area (Å²) < 4.78 is 0. The van der Waals surface area contributed by atoms with E-state index >= 15 is 0 Å². The van der Waals surface area contributed by atoms with Crippen LogP contribution >= 0.6 is 0 Å². The van der Waals surface area contributed by atoms with Crippen LogP contribution in [0.25, 0.3) is 0 Å². The standard InChI is InChI=1S/C10H14N4O3/c1-10(2,9(11)14-17)13-8(16)6-3-4-7(15)12-5-6/h3-5,17H,1-2H3,(H2,11,14)(H,12,15)(H,13,16). The van der Waals surface area contributed by atoms with Crippen molar-refractivity contribution in [2.24, 2.45) is 10.9 Å². The highest BCUT2D eigenvalue weighted by atomic mass is 16.4. The van der Waals surface area contributed by atoms with Crippen LogP contribution < -0.4 is 16.6 Å². The Bertz CT molecular complexity index is 484. The second-order valence-corrected chi connectivity index (χ2v) is 4.01. The summed E-state index contributed by atoms with van der Waals surface area (Å²) >= 11 is 0. The van der Waals surface area contributed by atoms with Crippen molar-refractivity contribution in [3.63, 3.8) is 0 Å². The highest BCUT2D eigenvalue weighted by Gasteiger charge is 2.26. The van der Waals surface area contributed by atoms with Gasteiger partial charge in [-0.1, -0.05) is 5.16 Å². The monoisotopic (exact) mass is 238 g/mol. The van der Waals surface area contributed by atoms with Crippen LogP contribution in [0.3, 0.4) is 0 Å². The molecule has 0 saturated carbocycles. The first-order valence-corrected chi connectivity index (χ1v) is 4.86. The van der Waals surface area contributed by atoms with E-state index < -0.39 is 11.4 Å². The van der Waals surface area contributed by atoms with Gasteiger partial charge in [0, 0.05) is 12.3 Å². The van der Waals surface area contributed by atoms with Crippen LogP contribution in [0.4, 0.5) is 0 Å². The van der Waals surface area contributed by atoms with E-state index in [1.54, 1.807) is 13.8 Å². The Balaban J connectivity index is 2.86. The highest BCUT2D eigenvalue weighted by molar-refractivity contribution is 5.99. The number of nitrogens with two attached hydrogens (primary N) is 1. The van der Waals surface area contributed by atoms with Crippen LogP contribution in [0.1, 0.15) is 24.2 Å². The summed E-state index contributed by atoms with van der Waals surface area (Å²) in [7, 11) is 0. The molecule has 92 valence electrons. The quantitative estimate of drug-likeness (QED) is 0.248. The number of rotatable bonds is 3. The molecule has 17 heavy (non-hydrogen) atoms. The molecule has 1 amide bonds. The molecule has 1 aromatic rings. The maximum absolute atomic E-state index is 11.8. The summed E-state index contributed by atoms with van der Waals surface area (Å²) in [6.45, 7) is 3.18. The number of nitrogens with zero attached hydrogens (tertiary/aromatic N) is 1. The summed E-state index contributed by atoms with van der Waals surface area (Å²) in [5, 5.41) is 14.0. The fraction of sp³-hybridized carbons (Fsp3) is 0.300. The number of carbonyl (C=O) groups excluding carboxylic acids is 1. The second-order valence-electron chi connectivity index (χ2n) is 4.01. The Labute approximate surface area is 97.3 Å². The summed E-state index contributed by atoms with van der Waals surface area (Å²) in [6, 6.07) is 2.63.